The van der Waals surface area contributed by atoms with E-state index in [1.807, 2.05) is 0 Å². The van der Waals surface area contributed by atoms with Gasteiger partial charge in [0.2, 0.25) is 0 Å². The zero-order valence-corrected chi connectivity index (χ0v) is 8.50. The smallest absolute Gasteiger partial charge is 0.132 e. The summed E-state index contributed by atoms with van der Waals surface area (Å²) in [5.74, 6) is 0.369. The Morgan fingerprint density at radius 2 is 1.80 bits per heavy atom. The zero-order valence-electron chi connectivity index (χ0n) is 7.74. The quantitative estimate of drug-likeness (QED) is 0.785. The Kier molecular flexibility index (Phi) is 2.83. The number of hydrogen-bond donors (Lipinski definition) is 1. The van der Waals surface area contributed by atoms with Crippen LogP contribution in [0.25, 0.3) is 0 Å². The van der Waals surface area contributed by atoms with Crippen LogP contribution < -0.4 is 5.32 Å². The van der Waals surface area contributed by atoms with Crippen molar-refractivity contribution in [3.8, 4) is 0 Å². The Bertz CT molecular complexity index is 456. The second-order valence-electron chi connectivity index (χ2n) is 2.98. The van der Waals surface area contributed by atoms with E-state index < -0.39 is 0 Å². The van der Waals surface area contributed by atoms with E-state index in [0.717, 1.165) is 5.69 Å². The van der Waals surface area contributed by atoms with Crippen molar-refractivity contribution in [3.05, 3.63) is 53.4 Å². The molecule has 1 heterocycles. The lowest BCUT2D eigenvalue weighted by atomic mass is 10.3. The predicted molar refractivity (Wildman–Crippen MR) is 58.9 cm³/mol. The molecule has 1 N–H and O–H groups in total. The van der Waals surface area contributed by atoms with Gasteiger partial charge in [0.15, 0.2) is 0 Å². The van der Waals surface area contributed by atoms with Gasteiger partial charge in [0, 0.05) is 5.69 Å². The molecule has 2 nitrogen and oxygen atoms in total. The molecule has 15 heavy (non-hydrogen) atoms. The lowest BCUT2D eigenvalue weighted by Crippen LogP contribution is -1.92. The van der Waals surface area contributed by atoms with Gasteiger partial charge in [-0.2, -0.15) is 0 Å². The molecule has 0 radical (unpaired) electrons. The molecular weight excluding hydrogens is 215 g/mol. The highest BCUT2D eigenvalue weighted by atomic mass is 35.5. The molecule has 0 saturated carbocycles. The summed E-state index contributed by atoms with van der Waals surface area (Å²) in [4.78, 5) is 4.05. The van der Waals surface area contributed by atoms with Crippen LogP contribution in [0.5, 0.6) is 0 Å². The van der Waals surface area contributed by atoms with Crippen LogP contribution in [0.4, 0.5) is 15.9 Å². The molecule has 0 aliphatic carbocycles. The third kappa shape index (κ3) is 2.67. The topological polar surface area (TPSA) is 24.9 Å². The molecular formula is C11H8ClFN2. The van der Waals surface area contributed by atoms with Crippen LogP contribution in [-0.2, 0) is 0 Å². The first-order valence-electron chi connectivity index (χ1n) is 4.39. The second-order valence-corrected chi connectivity index (χ2v) is 3.36. The van der Waals surface area contributed by atoms with E-state index in [1.165, 1.54) is 12.1 Å². The highest BCUT2D eigenvalue weighted by Crippen LogP contribution is 2.16. The Balaban J connectivity index is 2.18. The number of anilines is 2. The molecule has 1 aromatic carbocycles. The number of rotatable bonds is 2. The van der Waals surface area contributed by atoms with Gasteiger partial charge in [0.1, 0.15) is 16.8 Å². The highest BCUT2D eigenvalue weighted by molar-refractivity contribution is 6.29. The van der Waals surface area contributed by atoms with E-state index in [-0.39, 0.29) is 5.82 Å². The van der Waals surface area contributed by atoms with Crippen molar-refractivity contribution in [2.24, 2.45) is 0 Å². The van der Waals surface area contributed by atoms with E-state index in [4.69, 9.17) is 11.6 Å². The summed E-state index contributed by atoms with van der Waals surface area (Å²) < 4.78 is 12.6. The maximum absolute atomic E-state index is 12.6. The maximum atomic E-state index is 12.6. The van der Waals surface area contributed by atoms with Crippen LogP contribution in [0, 0.1) is 5.82 Å². The van der Waals surface area contributed by atoms with Crippen LogP contribution in [-0.4, -0.2) is 4.98 Å². The normalized spacial score (nSPS) is 10.0. The van der Waals surface area contributed by atoms with Gasteiger partial charge in [-0.3, -0.25) is 0 Å². The van der Waals surface area contributed by atoms with Gasteiger partial charge in [0.05, 0.1) is 0 Å². The van der Waals surface area contributed by atoms with Gasteiger partial charge in [-0.15, -0.1) is 0 Å². The molecule has 0 saturated heterocycles. The molecule has 0 fully saturated rings. The standard InChI is InChI=1S/C11H8ClFN2/c12-10-2-1-3-11(15-10)14-9-6-4-8(13)5-7-9/h1-7H,(H,14,15). The van der Waals surface area contributed by atoms with Crippen molar-refractivity contribution in [1.29, 1.82) is 0 Å². The first-order valence-corrected chi connectivity index (χ1v) is 4.77. The van der Waals surface area contributed by atoms with Crippen molar-refractivity contribution in [2.75, 3.05) is 5.32 Å². The van der Waals surface area contributed by atoms with Crippen molar-refractivity contribution < 1.29 is 4.39 Å². The fourth-order valence-corrected chi connectivity index (χ4v) is 1.32. The molecule has 76 valence electrons. The molecule has 0 atom stereocenters. The molecule has 1 aromatic heterocycles. The Hall–Kier alpha value is -1.61. The third-order valence-electron chi connectivity index (χ3n) is 1.83. The largest absolute Gasteiger partial charge is 0.340 e. The molecule has 0 unspecified atom stereocenters. The van der Waals surface area contributed by atoms with Crippen molar-refractivity contribution in [2.45, 2.75) is 0 Å². The van der Waals surface area contributed by atoms with E-state index in [1.54, 1.807) is 30.3 Å². The van der Waals surface area contributed by atoms with Gasteiger partial charge in [0.25, 0.3) is 0 Å². The van der Waals surface area contributed by atoms with Gasteiger partial charge >= 0.3 is 0 Å². The third-order valence-corrected chi connectivity index (χ3v) is 2.04. The molecule has 0 amide bonds. The summed E-state index contributed by atoms with van der Waals surface area (Å²) in [7, 11) is 0. The second kappa shape index (κ2) is 4.28. The molecule has 0 aliphatic heterocycles. The van der Waals surface area contributed by atoms with E-state index in [2.05, 4.69) is 10.3 Å². The van der Waals surface area contributed by atoms with Crippen LogP contribution in [0.15, 0.2) is 42.5 Å². The summed E-state index contributed by atoms with van der Waals surface area (Å²) >= 11 is 5.73. The van der Waals surface area contributed by atoms with Crippen LogP contribution in [0.3, 0.4) is 0 Å². The number of nitrogens with zero attached hydrogens (tertiary/aromatic N) is 1. The van der Waals surface area contributed by atoms with Crippen molar-refractivity contribution in [3.63, 3.8) is 0 Å². The summed E-state index contributed by atoms with van der Waals surface area (Å²) in [6, 6.07) is 11.3. The molecule has 0 bridgehead atoms. The number of halogens is 2. The molecule has 2 aromatic rings. The minimum absolute atomic E-state index is 0.264. The zero-order chi connectivity index (χ0) is 10.7. The number of hydrogen-bond acceptors (Lipinski definition) is 2. The number of aromatic nitrogens is 1. The Morgan fingerprint density at radius 3 is 2.47 bits per heavy atom. The summed E-state index contributed by atoms with van der Waals surface area (Å²) in [5, 5.41) is 3.43. The van der Waals surface area contributed by atoms with Crippen LogP contribution in [0.1, 0.15) is 0 Å². The van der Waals surface area contributed by atoms with E-state index in [9.17, 15) is 4.39 Å². The minimum Gasteiger partial charge on any atom is -0.340 e. The van der Waals surface area contributed by atoms with Crippen molar-refractivity contribution >= 4 is 23.1 Å². The Labute approximate surface area is 91.7 Å². The van der Waals surface area contributed by atoms with Crippen molar-refractivity contribution in [1.82, 2.24) is 4.98 Å². The highest BCUT2D eigenvalue weighted by Gasteiger charge is 1.96. The lowest BCUT2D eigenvalue weighted by Gasteiger charge is -2.04. The van der Waals surface area contributed by atoms with Gasteiger partial charge in [-0.05, 0) is 36.4 Å². The van der Waals surface area contributed by atoms with E-state index >= 15 is 0 Å². The maximum Gasteiger partial charge on any atom is 0.132 e. The first-order chi connectivity index (χ1) is 7.24. The molecule has 0 spiro atoms. The predicted octanol–water partition coefficient (Wildman–Crippen LogP) is 3.62. The lowest BCUT2D eigenvalue weighted by molar-refractivity contribution is 0.628. The SMILES string of the molecule is Fc1ccc(Nc2cccc(Cl)n2)cc1. The number of benzene rings is 1. The molecule has 0 aliphatic rings. The molecule has 2 rings (SSSR count). The van der Waals surface area contributed by atoms with Crippen LogP contribution in [0.2, 0.25) is 5.15 Å². The van der Waals surface area contributed by atoms with Crippen LogP contribution >= 0.6 is 11.6 Å². The van der Waals surface area contributed by atoms with Gasteiger partial charge < -0.3 is 5.32 Å². The van der Waals surface area contributed by atoms with E-state index in [0.29, 0.717) is 11.0 Å². The summed E-state index contributed by atoms with van der Waals surface area (Å²) in [5.41, 5.74) is 0.770. The average molecular weight is 223 g/mol. The average Bonchev–Trinajstić information content (AvgIpc) is 2.22. The summed E-state index contributed by atoms with van der Waals surface area (Å²) in [6.45, 7) is 0. The number of nitrogens with one attached hydrogen (secondary N) is 1. The first kappa shape index (κ1) is 9.93. The van der Waals surface area contributed by atoms with Gasteiger partial charge in [-0.1, -0.05) is 17.7 Å². The summed E-state index contributed by atoms with van der Waals surface area (Å²) in [6.07, 6.45) is 0. The number of pyridine rings is 1. The minimum atomic E-state index is -0.264. The van der Waals surface area contributed by atoms with Gasteiger partial charge in [-0.25, -0.2) is 9.37 Å². The Morgan fingerprint density at radius 1 is 1.07 bits per heavy atom. The fraction of sp³-hybridized carbons (Fsp3) is 0. The fourth-order valence-electron chi connectivity index (χ4n) is 1.16. The monoisotopic (exact) mass is 222 g/mol. The molecule has 4 heteroatoms.